The molecule has 0 unspecified atom stereocenters. The fourth-order valence-electron chi connectivity index (χ4n) is 0.443. The van der Waals surface area contributed by atoms with E-state index in [1.807, 2.05) is 0 Å². The fourth-order valence-corrected chi connectivity index (χ4v) is 1.06. The lowest BCUT2D eigenvalue weighted by Crippen LogP contribution is -2.28. The van der Waals surface area contributed by atoms with Gasteiger partial charge in [-0.3, -0.25) is 5.41 Å². The topological polar surface area (TPSA) is 96.0 Å². The summed E-state index contributed by atoms with van der Waals surface area (Å²) in [6.45, 7) is 1.77. The second kappa shape index (κ2) is 4.30. The van der Waals surface area contributed by atoms with E-state index in [-0.39, 0.29) is 24.6 Å². The standard InChI is InChI=1S/C5H13N3O2S/c1-2-11(9,10)8-4-3-5(6)7/h8H,2-4H2,1H3,(H3,6,7). The van der Waals surface area contributed by atoms with Gasteiger partial charge >= 0.3 is 0 Å². The SMILES string of the molecule is CCS(=O)(=O)NCCC(=N)N. The monoisotopic (exact) mass is 179 g/mol. The maximum atomic E-state index is 10.8. The van der Waals surface area contributed by atoms with Crippen molar-refractivity contribution in [2.24, 2.45) is 5.73 Å². The van der Waals surface area contributed by atoms with Crippen LogP contribution in [0.2, 0.25) is 0 Å². The van der Waals surface area contributed by atoms with Crippen LogP contribution >= 0.6 is 0 Å². The van der Waals surface area contributed by atoms with Crippen molar-refractivity contribution >= 4 is 15.9 Å². The van der Waals surface area contributed by atoms with Gasteiger partial charge in [0.05, 0.1) is 11.6 Å². The minimum atomic E-state index is -3.12. The van der Waals surface area contributed by atoms with E-state index in [0.717, 1.165) is 0 Å². The maximum Gasteiger partial charge on any atom is 0.211 e. The maximum absolute atomic E-state index is 10.8. The molecule has 0 heterocycles. The Hall–Kier alpha value is -0.620. The molecule has 0 aliphatic rings. The summed E-state index contributed by atoms with van der Waals surface area (Å²) in [5.41, 5.74) is 5.01. The number of nitrogens with one attached hydrogen (secondary N) is 2. The zero-order valence-corrected chi connectivity index (χ0v) is 7.24. The van der Waals surface area contributed by atoms with E-state index in [0.29, 0.717) is 0 Å². The molecule has 66 valence electrons. The van der Waals surface area contributed by atoms with Crippen molar-refractivity contribution in [1.29, 1.82) is 5.41 Å². The van der Waals surface area contributed by atoms with Gasteiger partial charge in [-0.1, -0.05) is 0 Å². The molecule has 4 N–H and O–H groups in total. The molecule has 0 aromatic rings. The summed E-state index contributed by atoms with van der Waals surface area (Å²) in [5.74, 6) is 0.0501. The highest BCUT2D eigenvalue weighted by Crippen LogP contribution is 1.82. The minimum Gasteiger partial charge on any atom is -0.388 e. The van der Waals surface area contributed by atoms with Crippen LogP contribution in [-0.2, 0) is 10.0 Å². The van der Waals surface area contributed by atoms with Gasteiger partial charge in [0.15, 0.2) is 0 Å². The van der Waals surface area contributed by atoms with Gasteiger partial charge in [0, 0.05) is 13.0 Å². The molecule has 0 bridgehead atoms. The van der Waals surface area contributed by atoms with Gasteiger partial charge in [-0.2, -0.15) is 0 Å². The van der Waals surface area contributed by atoms with Crippen LogP contribution in [-0.4, -0.2) is 26.6 Å². The summed E-state index contributed by atoms with van der Waals surface area (Å²) in [6, 6.07) is 0. The molecule has 0 fully saturated rings. The summed E-state index contributed by atoms with van der Waals surface area (Å²) in [5, 5.41) is 6.80. The number of rotatable bonds is 5. The first kappa shape index (κ1) is 10.4. The third-order valence-electron chi connectivity index (χ3n) is 1.10. The Labute approximate surface area is 66.5 Å². The summed E-state index contributed by atoms with van der Waals surface area (Å²) in [6.07, 6.45) is 0.263. The van der Waals surface area contributed by atoms with Crippen LogP contribution in [0, 0.1) is 5.41 Å². The molecule has 6 heteroatoms. The quantitative estimate of drug-likeness (QED) is 0.383. The number of sulfonamides is 1. The van der Waals surface area contributed by atoms with Crippen molar-refractivity contribution < 1.29 is 8.42 Å². The lowest BCUT2D eigenvalue weighted by atomic mass is 10.4. The second-order valence-electron chi connectivity index (χ2n) is 2.07. The largest absolute Gasteiger partial charge is 0.388 e. The van der Waals surface area contributed by atoms with Gasteiger partial charge in [0.2, 0.25) is 10.0 Å². The first-order valence-electron chi connectivity index (χ1n) is 3.28. The third kappa shape index (κ3) is 5.81. The third-order valence-corrected chi connectivity index (χ3v) is 2.50. The van der Waals surface area contributed by atoms with Crippen molar-refractivity contribution in [3.05, 3.63) is 0 Å². The highest BCUT2D eigenvalue weighted by molar-refractivity contribution is 7.89. The Bertz CT molecular complexity index is 222. The zero-order chi connectivity index (χ0) is 8.91. The molecule has 0 atom stereocenters. The number of hydrogen-bond donors (Lipinski definition) is 3. The van der Waals surface area contributed by atoms with Crippen molar-refractivity contribution in [3.8, 4) is 0 Å². The van der Waals surface area contributed by atoms with Crippen molar-refractivity contribution in [2.45, 2.75) is 13.3 Å². The molecule has 5 nitrogen and oxygen atoms in total. The van der Waals surface area contributed by atoms with Gasteiger partial charge < -0.3 is 5.73 Å². The average molecular weight is 179 g/mol. The lowest BCUT2D eigenvalue weighted by molar-refractivity contribution is 0.584. The summed E-state index contributed by atoms with van der Waals surface area (Å²) < 4.78 is 23.8. The first-order chi connectivity index (χ1) is 4.98. The molecular weight excluding hydrogens is 166 g/mol. The van der Waals surface area contributed by atoms with Gasteiger partial charge in [0.1, 0.15) is 0 Å². The average Bonchev–Trinajstić information content (AvgIpc) is 1.87. The van der Waals surface area contributed by atoms with E-state index in [2.05, 4.69) is 4.72 Å². The van der Waals surface area contributed by atoms with Gasteiger partial charge in [0.25, 0.3) is 0 Å². The van der Waals surface area contributed by atoms with Crippen LogP contribution in [0.1, 0.15) is 13.3 Å². The minimum absolute atomic E-state index is 0.0104. The Morgan fingerprint density at radius 3 is 2.55 bits per heavy atom. The van der Waals surface area contributed by atoms with Crippen molar-refractivity contribution in [2.75, 3.05) is 12.3 Å². The number of amidine groups is 1. The molecular formula is C5H13N3O2S. The van der Waals surface area contributed by atoms with Crippen LogP contribution < -0.4 is 10.5 Å². The molecule has 0 aliphatic heterocycles. The number of hydrogen-bond acceptors (Lipinski definition) is 3. The lowest BCUT2D eigenvalue weighted by Gasteiger charge is -2.01. The highest BCUT2D eigenvalue weighted by Gasteiger charge is 2.04. The van der Waals surface area contributed by atoms with Crippen LogP contribution in [0.5, 0.6) is 0 Å². The molecule has 0 spiro atoms. The smallest absolute Gasteiger partial charge is 0.211 e. The highest BCUT2D eigenvalue weighted by atomic mass is 32.2. The Balaban J connectivity index is 3.63. The van der Waals surface area contributed by atoms with Gasteiger partial charge in [-0.15, -0.1) is 0 Å². The zero-order valence-electron chi connectivity index (χ0n) is 6.42. The normalized spacial score (nSPS) is 11.4. The Morgan fingerprint density at radius 1 is 1.64 bits per heavy atom. The molecule has 0 aliphatic carbocycles. The first-order valence-corrected chi connectivity index (χ1v) is 4.93. The second-order valence-corrected chi connectivity index (χ2v) is 4.17. The molecule has 11 heavy (non-hydrogen) atoms. The predicted octanol–water partition coefficient (Wildman–Crippen LogP) is -0.748. The van der Waals surface area contributed by atoms with E-state index >= 15 is 0 Å². The molecule has 0 saturated heterocycles. The summed E-state index contributed by atoms with van der Waals surface area (Å²) in [7, 11) is -3.12. The number of nitrogens with two attached hydrogens (primary N) is 1. The predicted molar refractivity (Wildman–Crippen MR) is 44.0 cm³/mol. The molecule has 0 aromatic heterocycles. The van der Waals surface area contributed by atoms with Gasteiger partial charge in [-0.05, 0) is 6.92 Å². The van der Waals surface area contributed by atoms with Crippen LogP contribution in [0.25, 0.3) is 0 Å². The molecule has 0 rings (SSSR count). The summed E-state index contributed by atoms with van der Waals surface area (Å²) >= 11 is 0. The fraction of sp³-hybridized carbons (Fsp3) is 0.800. The van der Waals surface area contributed by atoms with Crippen molar-refractivity contribution in [1.82, 2.24) is 4.72 Å². The van der Waals surface area contributed by atoms with E-state index in [1.165, 1.54) is 0 Å². The molecule has 0 saturated carbocycles. The van der Waals surface area contributed by atoms with Gasteiger partial charge in [-0.25, -0.2) is 13.1 Å². The van der Waals surface area contributed by atoms with E-state index in [9.17, 15) is 8.42 Å². The van der Waals surface area contributed by atoms with E-state index in [4.69, 9.17) is 11.1 Å². The van der Waals surface area contributed by atoms with Crippen LogP contribution in [0.15, 0.2) is 0 Å². The molecule has 0 aromatic carbocycles. The Morgan fingerprint density at radius 2 is 2.18 bits per heavy atom. The Kier molecular flexibility index (Phi) is 4.06. The molecule has 0 radical (unpaired) electrons. The van der Waals surface area contributed by atoms with Crippen LogP contribution in [0.4, 0.5) is 0 Å². The van der Waals surface area contributed by atoms with Crippen LogP contribution in [0.3, 0.4) is 0 Å². The summed E-state index contributed by atoms with van der Waals surface area (Å²) in [4.78, 5) is 0. The van der Waals surface area contributed by atoms with E-state index < -0.39 is 10.0 Å². The van der Waals surface area contributed by atoms with Crippen molar-refractivity contribution in [3.63, 3.8) is 0 Å². The molecule has 0 amide bonds. The van der Waals surface area contributed by atoms with E-state index in [1.54, 1.807) is 6.92 Å².